The van der Waals surface area contributed by atoms with Crippen LogP contribution in [0.5, 0.6) is 11.5 Å². The lowest BCUT2D eigenvalue weighted by molar-refractivity contribution is 0.306. The van der Waals surface area contributed by atoms with Gasteiger partial charge in [-0.05, 0) is 66.2 Å². The number of rotatable bonds is 7. The SMILES string of the molecule is COc1cccc2oc(-c3nc4ccccc4c(=O)n3N=Cc3ccc(OCc4ccccc4C#N)cc3)cc12. The molecule has 0 aliphatic heterocycles. The summed E-state index contributed by atoms with van der Waals surface area (Å²) in [5, 5.41) is 15.0. The standard InChI is InChI=1S/C32H22N4O4/c1-38-28-11-6-12-29-26(28)17-30(40-29)31-35-27-10-5-4-9-25(27)32(37)36(31)34-19-21-13-15-24(16-14-21)39-20-23-8-3-2-7-22(23)18-33/h2-17,19H,20H2,1H3. The fraction of sp³-hybridized carbons (Fsp3) is 0.0625. The van der Waals surface area contributed by atoms with Gasteiger partial charge in [0, 0.05) is 5.56 Å². The largest absolute Gasteiger partial charge is 0.496 e. The highest BCUT2D eigenvalue weighted by molar-refractivity contribution is 5.88. The number of benzene rings is 4. The molecule has 0 spiro atoms. The number of methoxy groups -OCH3 is 1. The molecule has 0 amide bonds. The number of hydrogen-bond acceptors (Lipinski definition) is 7. The van der Waals surface area contributed by atoms with Crippen LogP contribution in [0, 0.1) is 11.3 Å². The van der Waals surface area contributed by atoms with Gasteiger partial charge in [-0.1, -0.05) is 36.4 Å². The van der Waals surface area contributed by atoms with Crippen molar-refractivity contribution >= 4 is 28.1 Å². The molecule has 2 heterocycles. The first-order chi connectivity index (χ1) is 19.6. The third-order valence-corrected chi connectivity index (χ3v) is 6.45. The fourth-order valence-electron chi connectivity index (χ4n) is 4.40. The average Bonchev–Trinajstić information content (AvgIpc) is 3.45. The maximum absolute atomic E-state index is 13.5. The number of hydrogen-bond donors (Lipinski definition) is 0. The number of nitriles is 1. The number of furan rings is 1. The second kappa shape index (κ2) is 10.6. The van der Waals surface area contributed by atoms with E-state index < -0.39 is 0 Å². The maximum atomic E-state index is 13.5. The highest BCUT2D eigenvalue weighted by Crippen LogP contribution is 2.32. The van der Waals surface area contributed by atoms with E-state index in [-0.39, 0.29) is 18.0 Å². The van der Waals surface area contributed by atoms with E-state index in [0.717, 1.165) is 16.5 Å². The molecule has 0 aliphatic rings. The third-order valence-electron chi connectivity index (χ3n) is 6.45. The lowest BCUT2D eigenvalue weighted by atomic mass is 10.1. The number of nitrogens with zero attached hydrogens (tertiary/aromatic N) is 4. The van der Waals surface area contributed by atoms with Crippen molar-refractivity contribution < 1.29 is 13.9 Å². The van der Waals surface area contributed by atoms with Gasteiger partial charge in [-0.25, -0.2) is 4.98 Å². The molecule has 8 heteroatoms. The quantitative estimate of drug-likeness (QED) is 0.231. The summed E-state index contributed by atoms with van der Waals surface area (Å²) in [7, 11) is 1.59. The number of ether oxygens (including phenoxy) is 2. The van der Waals surface area contributed by atoms with Gasteiger partial charge in [-0.2, -0.15) is 15.0 Å². The fourth-order valence-corrected chi connectivity index (χ4v) is 4.40. The zero-order valence-electron chi connectivity index (χ0n) is 21.4. The van der Waals surface area contributed by atoms with Crippen LogP contribution in [0.4, 0.5) is 0 Å². The molecule has 0 saturated heterocycles. The van der Waals surface area contributed by atoms with E-state index in [4.69, 9.17) is 18.9 Å². The second-order valence-corrected chi connectivity index (χ2v) is 8.92. The highest BCUT2D eigenvalue weighted by Gasteiger charge is 2.17. The predicted molar refractivity (Wildman–Crippen MR) is 153 cm³/mol. The van der Waals surface area contributed by atoms with E-state index in [9.17, 15) is 10.1 Å². The Morgan fingerprint density at radius 3 is 2.60 bits per heavy atom. The Morgan fingerprint density at radius 2 is 1.77 bits per heavy atom. The molecule has 0 bridgehead atoms. The summed E-state index contributed by atoms with van der Waals surface area (Å²) in [6.45, 7) is 0.279. The van der Waals surface area contributed by atoms with Crippen LogP contribution in [-0.2, 0) is 6.61 Å². The Kier molecular flexibility index (Phi) is 6.53. The van der Waals surface area contributed by atoms with E-state index in [1.807, 2.05) is 66.7 Å². The van der Waals surface area contributed by atoms with Gasteiger partial charge in [0.1, 0.15) is 23.7 Å². The van der Waals surface area contributed by atoms with Crippen LogP contribution < -0.4 is 15.0 Å². The first kappa shape index (κ1) is 24.6. The molecule has 0 N–H and O–H groups in total. The Balaban J connectivity index is 1.33. The summed E-state index contributed by atoms with van der Waals surface area (Å²) in [6.07, 6.45) is 1.58. The van der Waals surface area contributed by atoms with Crippen LogP contribution in [0.3, 0.4) is 0 Å². The molecule has 40 heavy (non-hydrogen) atoms. The molecule has 0 radical (unpaired) electrons. The lowest BCUT2D eigenvalue weighted by Gasteiger charge is -2.08. The molecule has 0 aliphatic carbocycles. The van der Waals surface area contributed by atoms with Crippen LogP contribution in [0.1, 0.15) is 16.7 Å². The smallest absolute Gasteiger partial charge is 0.282 e. The second-order valence-electron chi connectivity index (χ2n) is 8.92. The Hall–Kier alpha value is -5.68. The zero-order chi connectivity index (χ0) is 27.5. The number of para-hydroxylation sites is 1. The van der Waals surface area contributed by atoms with E-state index in [0.29, 0.717) is 39.3 Å². The van der Waals surface area contributed by atoms with Crippen LogP contribution in [0.25, 0.3) is 33.5 Å². The lowest BCUT2D eigenvalue weighted by Crippen LogP contribution is -2.20. The Labute approximate surface area is 229 Å². The van der Waals surface area contributed by atoms with Gasteiger partial charge in [-0.3, -0.25) is 4.79 Å². The molecule has 0 atom stereocenters. The molecule has 6 rings (SSSR count). The summed E-state index contributed by atoms with van der Waals surface area (Å²) < 4.78 is 18.6. The molecule has 4 aromatic carbocycles. The topological polar surface area (TPSA) is 103 Å². The van der Waals surface area contributed by atoms with Crippen molar-refractivity contribution in [1.29, 1.82) is 5.26 Å². The van der Waals surface area contributed by atoms with Gasteiger partial charge in [0.15, 0.2) is 5.76 Å². The minimum atomic E-state index is -0.319. The van der Waals surface area contributed by atoms with Crippen LogP contribution in [0.15, 0.2) is 111 Å². The van der Waals surface area contributed by atoms with Crippen molar-refractivity contribution in [2.24, 2.45) is 5.10 Å². The van der Waals surface area contributed by atoms with Crippen LogP contribution >= 0.6 is 0 Å². The van der Waals surface area contributed by atoms with Gasteiger partial charge in [0.05, 0.1) is 41.2 Å². The molecule has 8 nitrogen and oxygen atoms in total. The molecule has 2 aromatic heterocycles. The molecule has 194 valence electrons. The summed E-state index contributed by atoms with van der Waals surface area (Å²) in [6, 6.07) is 31.2. The van der Waals surface area contributed by atoms with Crippen molar-refractivity contribution in [1.82, 2.24) is 9.66 Å². The van der Waals surface area contributed by atoms with Gasteiger partial charge in [0.2, 0.25) is 5.82 Å². The molecule has 0 fully saturated rings. The predicted octanol–water partition coefficient (Wildman–Crippen LogP) is 6.15. The van der Waals surface area contributed by atoms with Crippen molar-refractivity contribution in [3.05, 3.63) is 124 Å². The van der Waals surface area contributed by atoms with E-state index >= 15 is 0 Å². The first-order valence-electron chi connectivity index (χ1n) is 12.5. The first-order valence-corrected chi connectivity index (χ1v) is 12.5. The van der Waals surface area contributed by atoms with Gasteiger partial charge >= 0.3 is 0 Å². The van der Waals surface area contributed by atoms with Gasteiger partial charge in [0.25, 0.3) is 5.56 Å². The summed E-state index contributed by atoms with van der Waals surface area (Å²) in [4.78, 5) is 18.2. The summed E-state index contributed by atoms with van der Waals surface area (Å²) in [5.74, 6) is 1.96. The number of fused-ring (bicyclic) bond motifs is 2. The monoisotopic (exact) mass is 526 g/mol. The van der Waals surface area contributed by atoms with Crippen molar-refractivity contribution in [3.8, 4) is 29.2 Å². The maximum Gasteiger partial charge on any atom is 0.282 e. The normalized spacial score (nSPS) is 11.2. The van der Waals surface area contributed by atoms with Gasteiger partial charge in [-0.15, -0.1) is 0 Å². The zero-order valence-corrected chi connectivity index (χ0v) is 21.4. The van der Waals surface area contributed by atoms with Crippen molar-refractivity contribution in [2.45, 2.75) is 6.61 Å². The molecule has 0 saturated carbocycles. The number of aromatic nitrogens is 2. The van der Waals surface area contributed by atoms with Crippen LogP contribution in [0.2, 0.25) is 0 Å². The molecule has 0 unspecified atom stereocenters. The minimum Gasteiger partial charge on any atom is -0.496 e. The average molecular weight is 527 g/mol. The Morgan fingerprint density at radius 1 is 0.975 bits per heavy atom. The Bertz CT molecular complexity index is 1980. The van der Waals surface area contributed by atoms with E-state index in [2.05, 4.69) is 11.2 Å². The summed E-state index contributed by atoms with van der Waals surface area (Å²) >= 11 is 0. The molecular formula is C32H22N4O4. The minimum absolute atomic E-state index is 0.273. The summed E-state index contributed by atoms with van der Waals surface area (Å²) in [5.41, 5.74) is 2.98. The van der Waals surface area contributed by atoms with Crippen molar-refractivity contribution in [2.75, 3.05) is 7.11 Å². The molecular weight excluding hydrogens is 504 g/mol. The van der Waals surface area contributed by atoms with E-state index in [1.165, 1.54) is 4.68 Å². The highest BCUT2D eigenvalue weighted by atomic mass is 16.5. The van der Waals surface area contributed by atoms with Crippen LogP contribution in [-0.4, -0.2) is 23.0 Å². The third kappa shape index (κ3) is 4.68. The molecule has 6 aromatic rings. The van der Waals surface area contributed by atoms with E-state index in [1.54, 1.807) is 43.7 Å². The van der Waals surface area contributed by atoms with Gasteiger partial charge < -0.3 is 13.9 Å². The van der Waals surface area contributed by atoms with Crippen molar-refractivity contribution in [3.63, 3.8) is 0 Å².